The molecule has 94 valence electrons. The predicted octanol–water partition coefficient (Wildman–Crippen LogP) is 2.07. The first-order valence-electron chi connectivity index (χ1n) is 6.08. The summed E-state index contributed by atoms with van der Waals surface area (Å²) in [7, 11) is 1.60. The third-order valence-corrected chi connectivity index (χ3v) is 3.40. The maximum atomic E-state index is 12.0. The van der Waals surface area contributed by atoms with Gasteiger partial charge in [0.2, 0.25) is 5.91 Å². The second kappa shape index (κ2) is 5.82. The molecule has 1 amide bonds. The van der Waals surface area contributed by atoms with E-state index in [1.165, 1.54) is 0 Å². The fourth-order valence-corrected chi connectivity index (χ4v) is 2.15. The minimum Gasteiger partial charge on any atom is -0.389 e. The monoisotopic (exact) mass is 235 g/mol. The van der Waals surface area contributed by atoms with E-state index in [1.54, 1.807) is 7.05 Å². The second-order valence-corrected chi connectivity index (χ2v) is 4.27. The molecule has 1 rings (SSSR count). The SMILES string of the molecule is CCC(O)(CC)C(C(=O)NC)c1ccccc1. The predicted molar refractivity (Wildman–Crippen MR) is 68.8 cm³/mol. The molecule has 0 aliphatic heterocycles. The van der Waals surface area contributed by atoms with Crippen molar-refractivity contribution in [2.75, 3.05) is 7.05 Å². The summed E-state index contributed by atoms with van der Waals surface area (Å²) in [6, 6.07) is 9.45. The van der Waals surface area contributed by atoms with Gasteiger partial charge in [-0.2, -0.15) is 0 Å². The van der Waals surface area contributed by atoms with Crippen LogP contribution in [0.3, 0.4) is 0 Å². The standard InChI is InChI=1S/C14H21NO2/c1-4-14(17,5-2)12(13(16)15-3)11-9-7-6-8-10-11/h6-10,12,17H,4-5H2,1-3H3,(H,15,16). The van der Waals surface area contributed by atoms with E-state index >= 15 is 0 Å². The topological polar surface area (TPSA) is 49.3 Å². The Morgan fingerprint density at radius 2 is 1.82 bits per heavy atom. The third kappa shape index (κ3) is 2.86. The summed E-state index contributed by atoms with van der Waals surface area (Å²) in [5, 5.41) is 13.2. The van der Waals surface area contributed by atoms with E-state index in [4.69, 9.17) is 0 Å². The Hall–Kier alpha value is -1.35. The lowest BCUT2D eigenvalue weighted by atomic mass is 9.78. The molecule has 3 heteroatoms. The van der Waals surface area contributed by atoms with Crippen molar-refractivity contribution < 1.29 is 9.90 Å². The zero-order valence-electron chi connectivity index (χ0n) is 10.7. The molecule has 1 unspecified atom stereocenters. The number of aliphatic hydroxyl groups is 1. The second-order valence-electron chi connectivity index (χ2n) is 4.27. The number of hydrogen-bond donors (Lipinski definition) is 2. The smallest absolute Gasteiger partial charge is 0.230 e. The van der Waals surface area contributed by atoms with E-state index in [0.29, 0.717) is 12.8 Å². The van der Waals surface area contributed by atoms with Crippen LogP contribution in [0.1, 0.15) is 38.2 Å². The minimum absolute atomic E-state index is 0.137. The van der Waals surface area contributed by atoms with Crippen molar-refractivity contribution >= 4 is 5.91 Å². The molecule has 0 fully saturated rings. The van der Waals surface area contributed by atoms with E-state index in [9.17, 15) is 9.90 Å². The summed E-state index contributed by atoms with van der Waals surface area (Å²) in [6.45, 7) is 3.81. The minimum atomic E-state index is -0.985. The van der Waals surface area contributed by atoms with Gasteiger partial charge in [0.25, 0.3) is 0 Å². The summed E-state index contributed by atoms with van der Waals surface area (Å²) in [6.07, 6.45) is 1.10. The quantitative estimate of drug-likeness (QED) is 0.820. The summed E-state index contributed by atoms with van der Waals surface area (Å²) in [4.78, 5) is 12.0. The van der Waals surface area contributed by atoms with Gasteiger partial charge < -0.3 is 10.4 Å². The molecule has 0 aliphatic carbocycles. The van der Waals surface area contributed by atoms with Crippen LogP contribution in [-0.2, 0) is 4.79 Å². The van der Waals surface area contributed by atoms with Gasteiger partial charge in [-0.15, -0.1) is 0 Å². The molecule has 1 atom stereocenters. The van der Waals surface area contributed by atoms with Crippen molar-refractivity contribution in [3.05, 3.63) is 35.9 Å². The summed E-state index contributed by atoms with van der Waals surface area (Å²) < 4.78 is 0. The van der Waals surface area contributed by atoms with Crippen LogP contribution in [0.4, 0.5) is 0 Å². The van der Waals surface area contributed by atoms with Crippen molar-refractivity contribution in [2.45, 2.75) is 38.2 Å². The van der Waals surface area contributed by atoms with E-state index < -0.39 is 11.5 Å². The fraction of sp³-hybridized carbons (Fsp3) is 0.500. The van der Waals surface area contributed by atoms with Crippen LogP contribution < -0.4 is 5.32 Å². The van der Waals surface area contributed by atoms with Gasteiger partial charge in [-0.1, -0.05) is 44.2 Å². The molecule has 0 aliphatic rings. The number of carbonyl (C=O) groups is 1. The lowest BCUT2D eigenvalue weighted by Crippen LogP contribution is -2.43. The Morgan fingerprint density at radius 1 is 1.29 bits per heavy atom. The first kappa shape index (κ1) is 13.7. The fourth-order valence-electron chi connectivity index (χ4n) is 2.15. The zero-order valence-corrected chi connectivity index (χ0v) is 10.7. The van der Waals surface area contributed by atoms with E-state index in [-0.39, 0.29) is 5.91 Å². The largest absolute Gasteiger partial charge is 0.389 e. The van der Waals surface area contributed by atoms with Crippen molar-refractivity contribution in [3.63, 3.8) is 0 Å². The molecule has 0 radical (unpaired) electrons. The van der Waals surface area contributed by atoms with Gasteiger partial charge in [0.1, 0.15) is 0 Å². The molecular weight excluding hydrogens is 214 g/mol. The van der Waals surface area contributed by atoms with Gasteiger partial charge in [0.05, 0.1) is 11.5 Å². The Kier molecular flexibility index (Phi) is 4.70. The number of carbonyl (C=O) groups excluding carboxylic acids is 1. The van der Waals surface area contributed by atoms with E-state index in [0.717, 1.165) is 5.56 Å². The van der Waals surface area contributed by atoms with E-state index in [1.807, 2.05) is 44.2 Å². The van der Waals surface area contributed by atoms with Crippen LogP contribution in [0, 0.1) is 0 Å². The van der Waals surface area contributed by atoms with Crippen LogP contribution in [0.15, 0.2) is 30.3 Å². The highest BCUT2D eigenvalue weighted by Gasteiger charge is 2.39. The van der Waals surface area contributed by atoms with Gasteiger partial charge >= 0.3 is 0 Å². The molecule has 2 N–H and O–H groups in total. The molecule has 1 aromatic carbocycles. The first-order chi connectivity index (χ1) is 8.09. The molecule has 0 bridgehead atoms. The number of hydrogen-bond acceptors (Lipinski definition) is 2. The molecule has 0 saturated heterocycles. The van der Waals surface area contributed by atoms with Crippen molar-refractivity contribution in [1.29, 1.82) is 0 Å². The maximum Gasteiger partial charge on any atom is 0.230 e. The number of amides is 1. The number of rotatable bonds is 5. The molecule has 1 aromatic rings. The highest BCUT2D eigenvalue weighted by atomic mass is 16.3. The van der Waals surface area contributed by atoms with Crippen LogP contribution in [0.5, 0.6) is 0 Å². The first-order valence-corrected chi connectivity index (χ1v) is 6.08. The molecule has 0 saturated carbocycles. The average Bonchev–Trinajstić information content (AvgIpc) is 2.39. The maximum absolute atomic E-state index is 12.0. The summed E-state index contributed by atoms with van der Waals surface area (Å²) in [5.74, 6) is -0.647. The lowest BCUT2D eigenvalue weighted by Gasteiger charge is -2.33. The molecule has 17 heavy (non-hydrogen) atoms. The normalized spacial score (nSPS) is 13.2. The highest BCUT2D eigenvalue weighted by Crippen LogP contribution is 2.33. The lowest BCUT2D eigenvalue weighted by molar-refractivity contribution is -0.129. The van der Waals surface area contributed by atoms with Gasteiger partial charge in [-0.25, -0.2) is 0 Å². The van der Waals surface area contributed by atoms with Crippen LogP contribution in [-0.4, -0.2) is 23.7 Å². The molecular formula is C14H21NO2. The number of likely N-dealkylation sites (N-methyl/N-ethyl adjacent to an activating group) is 1. The third-order valence-electron chi connectivity index (χ3n) is 3.40. The molecule has 0 heterocycles. The zero-order chi connectivity index (χ0) is 12.9. The Labute approximate surface area is 103 Å². The Morgan fingerprint density at radius 3 is 2.24 bits per heavy atom. The van der Waals surface area contributed by atoms with Crippen molar-refractivity contribution in [1.82, 2.24) is 5.32 Å². The van der Waals surface area contributed by atoms with Crippen molar-refractivity contribution in [3.8, 4) is 0 Å². The highest BCUT2D eigenvalue weighted by molar-refractivity contribution is 5.84. The van der Waals surface area contributed by atoms with E-state index in [2.05, 4.69) is 5.32 Å². The van der Waals surface area contributed by atoms with Gasteiger partial charge in [0, 0.05) is 7.05 Å². The summed E-state index contributed by atoms with van der Waals surface area (Å²) in [5.41, 5.74) is -0.125. The van der Waals surface area contributed by atoms with Crippen LogP contribution >= 0.6 is 0 Å². The van der Waals surface area contributed by atoms with Crippen molar-refractivity contribution in [2.24, 2.45) is 0 Å². The molecule has 0 aromatic heterocycles. The number of nitrogens with one attached hydrogen (secondary N) is 1. The van der Waals surface area contributed by atoms with Gasteiger partial charge in [-0.05, 0) is 18.4 Å². The van der Waals surface area contributed by atoms with Crippen LogP contribution in [0.25, 0.3) is 0 Å². The average molecular weight is 235 g/mol. The van der Waals surface area contributed by atoms with Gasteiger partial charge in [0.15, 0.2) is 0 Å². The summed E-state index contributed by atoms with van der Waals surface area (Å²) >= 11 is 0. The Bertz CT molecular complexity index is 358. The Balaban J connectivity index is 3.17. The molecule has 0 spiro atoms. The molecule has 3 nitrogen and oxygen atoms in total. The van der Waals surface area contributed by atoms with Gasteiger partial charge in [-0.3, -0.25) is 4.79 Å². The number of benzene rings is 1. The van der Waals surface area contributed by atoms with Crippen LogP contribution in [0.2, 0.25) is 0 Å².